The number of hydrogen-bond donors (Lipinski definition) is 3. The summed E-state index contributed by atoms with van der Waals surface area (Å²) in [4.78, 5) is 13.8. The Balaban J connectivity index is 2.51. The Labute approximate surface area is 105 Å². The van der Waals surface area contributed by atoms with Gasteiger partial charge in [0.05, 0.1) is 19.0 Å². The van der Waals surface area contributed by atoms with Crippen LogP contribution in [0.3, 0.4) is 0 Å². The van der Waals surface area contributed by atoms with Gasteiger partial charge in [-0.15, -0.1) is 0 Å². The molecule has 1 heterocycles. The van der Waals surface area contributed by atoms with Crippen LogP contribution in [0.2, 0.25) is 0 Å². The Bertz CT molecular complexity index is 589. The van der Waals surface area contributed by atoms with Gasteiger partial charge in [0.15, 0.2) is 0 Å². The van der Waals surface area contributed by atoms with Crippen LogP contribution in [0, 0.1) is 6.92 Å². The monoisotopic (exact) mass is 248 g/mol. The van der Waals surface area contributed by atoms with Gasteiger partial charge in [0.1, 0.15) is 5.75 Å². The molecule has 5 nitrogen and oxygen atoms in total. The molecule has 1 aromatic carbocycles. The van der Waals surface area contributed by atoms with Crippen LogP contribution in [-0.4, -0.2) is 23.2 Å². The highest BCUT2D eigenvalue weighted by Crippen LogP contribution is 2.31. The van der Waals surface area contributed by atoms with Crippen LogP contribution in [0.25, 0.3) is 10.9 Å². The van der Waals surface area contributed by atoms with Crippen molar-refractivity contribution in [3.05, 3.63) is 29.5 Å². The lowest BCUT2D eigenvalue weighted by Crippen LogP contribution is -2.15. The molecule has 0 amide bonds. The molecule has 2 aromatic rings. The number of carbonyl (C=O) groups is 1. The second-order valence-corrected chi connectivity index (χ2v) is 4.32. The van der Waals surface area contributed by atoms with Gasteiger partial charge in [-0.05, 0) is 30.2 Å². The summed E-state index contributed by atoms with van der Waals surface area (Å²) in [6, 6.07) is 3.17. The average molecular weight is 248 g/mol. The molecule has 0 radical (unpaired) electrons. The van der Waals surface area contributed by atoms with E-state index in [4.69, 9.17) is 15.6 Å². The highest BCUT2D eigenvalue weighted by molar-refractivity contribution is 5.89. The Morgan fingerprint density at radius 3 is 2.89 bits per heavy atom. The van der Waals surface area contributed by atoms with E-state index >= 15 is 0 Å². The molecule has 0 saturated carbocycles. The lowest BCUT2D eigenvalue weighted by atomic mass is 10.0. The summed E-state index contributed by atoms with van der Waals surface area (Å²) in [6.07, 6.45) is 1.79. The van der Waals surface area contributed by atoms with Gasteiger partial charge < -0.3 is 20.6 Å². The summed E-state index contributed by atoms with van der Waals surface area (Å²) in [5, 5.41) is 9.79. The molecule has 0 spiro atoms. The first-order chi connectivity index (χ1) is 8.52. The maximum absolute atomic E-state index is 10.7. The molecule has 1 aromatic heterocycles. The third-order valence-corrected chi connectivity index (χ3v) is 3.02. The number of aromatic amines is 1. The molecule has 0 aliphatic heterocycles. The van der Waals surface area contributed by atoms with Gasteiger partial charge in [0.2, 0.25) is 0 Å². The summed E-state index contributed by atoms with van der Waals surface area (Å²) >= 11 is 0. The maximum Gasteiger partial charge on any atom is 0.305 e. The topological polar surface area (TPSA) is 88.3 Å². The van der Waals surface area contributed by atoms with Gasteiger partial charge in [-0.2, -0.15) is 0 Å². The number of rotatable bonds is 4. The zero-order valence-corrected chi connectivity index (χ0v) is 10.4. The summed E-state index contributed by atoms with van der Waals surface area (Å²) in [5.74, 6) is -0.233. The number of H-pyrrole nitrogens is 1. The standard InChI is InChI=1S/C13H16N2O3/c1-7-6-15-13-9(7)3-8(4-11(13)18-2)10(14)5-12(16)17/h3-4,6,10,15H,5,14H2,1-2H3,(H,16,17). The quantitative estimate of drug-likeness (QED) is 0.771. The molecule has 0 aliphatic carbocycles. The predicted molar refractivity (Wildman–Crippen MR) is 68.8 cm³/mol. The molecule has 5 heteroatoms. The number of aryl methyl sites for hydroxylation is 1. The number of nitrogens with two attached hydrogens (primary N) is 1. The van der Waals surface area contributed by atoms with Crippen molar-refractivity contribution in [3.8, 4) is 5.75 Å². The first-order valence-corrected chi connectivity index (χ1v) is 5.66. The van der Waals surface area contributed by atoms with Crippen molar-refractivity contribution < 1.29 is 14.6 Å². The van der Waals surface area contributed by atoms with E-state index in [1.54, 1.807) is 13.2 Å². The third kappa shape index (κ3) is 2.17. The van der Waals surface area contributed by atoms with Crippen LogP contribution in [0.5, 0.6) is 5.75 Å². The zero-order valence-electron chi connectivity index (χ0n) is 10.4. The third-order valence-electron chi connectivity index (χ3n) is 3.02. The van der Waals surface area contributed by atoms with E-state index in [1.165, 1.54) is 0 Å². The van der Waals surface area contributed by atoms with E-state index in [-0.39, 0.29) is 6.42 Å². The molecule has 0 aliphatic rings. The van der Waals surface area contributed by atoms with Crippen LogP contribution in [0.1, 0.15) is 23.6 Å². The Morgan fingerprint density at radius 2 is 2.28 bits per heavy atom. The first-order valence-electron chi connectivity index (χ1n) is 5.66. The minimum absolute atomic E-state index is 0.0991. The molecule has 1 unspecified atom stereocenters. The van der Waals surface area contributed by atoms with Crippen molar-refractivity contribution in [2.45, 2.75) is 19.4 Å². The molecule has 96 valence electrons. The fraction of sp³-hybridized carbons (Fsp3) is 0.308. The number of carboxylic acids is 1. The maximum atomic E-state index is 10.7. The number of ether oxygens (including phenoxy) is 1. The van der Waals surface area contributed by atoms with E-state index in [2.05, 4.69) is 4.98 Å². The van der Waals surface area contributed by atoms with Gasteiger partial charge in [-0.25, -0.2) is 0 Å². The minimum Gasteiger partial charge on any atom is -0.495 e. The van der Waals surface area contributed by atoms with Crippen molar-refractivity contribution in [1.82, 2.24) is 4.98 Å². The molecule has 18 heavy (non-hydrogen) atoms. The van der Waals surface area contributed by atoms with Crippen molar-refractivity contribution in [2.75, 3.05) is 7.11 Å². The fourth-order valence-electron chi connectivity index (χ4n) is 2.04. The second-order valence-electron chi connectivity index (χ2n) is 4.32. The molecular weight excluding hydrogens is 232 g/mol. The van der Waals surface area contributed by atoms with Crippen molar-refractivity contribution in [1.29, 1.82) is 0 Å². The average Bonchev–Trinajstić information content (AvgIpc) is 2.69. The number of hydrogen-bond acceptors (Lipinski definition) is 3. The smallest absolute Gasteiger partial charge is 0.305 e. The van der Waals surface area contributed by atoms with E-state index in [1.807, 2.05) is 19.2 Å². The number of benzene rings is 1. The normalized spacial score (nSPS) is 12.6. The van der Waals surface area contributed by atoms with Crippen molar-refractivity contribution in [2.24, 2.45) is 5.73 Å². The number of nitrogens with one attached hydrogen (secondary N) is 1. The van der Waals surface area contributed by atoms with E-state index in [0.717, 1.165) is 22.0 Å². The van der Waals surface area contributed by atoms with Crippen LogP contribution in [0.4, 0.5) is 0 Å². The SMILES string of the molecule is COc1cc(C(N)CC(=O)O)cc2c(C)c[nH]c12. The number of aliphatic carboxylic acids is 1. The Hall–Kier alpha value is -2.01. The molecule has 4 N–H and O–H groups in total. The van der Waals surface area contributed by atoms with Crippen molar-refractivity contribution >= 4 is 16.9 Å². The first kappa shape index (κ1) is 12.4. The largest absolute Gasteiger partial charge is 0.495 e. The number of aromatic nitrogens is 1. The lowest BCUT2D eigenvalue weighted by Gasteiger charge is -2.12. The molecule has 2 rings (SSSR count). The lowest BCUT2D eigenvalue weighted by molar-refractivity contribution is -0.137. The highest BCUT2D eigenvalue weighted by atomic mass is 16.5. The van der Waals surface area contributed by atoms with Crippen LogP contribution < -0.4 is 10.5 Å². The second kappa shape index (κ2) is 4.70. The van der Waals surface area contributed by atoms with Gasteiger partial charge in [0, 0.05) is 17.6 Å². The number of methoxy groups -OCH3 is 1. The summed E-state index contributed by atoms with van der Waals surface area (Å²) in [6.45, 7) is 1.98. The fourth-order valence-corrected chi connectivity index (χ4v) is 2.04. The number of carboxylic acid groups (broad SMARTS) is 1. The van der Waals surface area contributed by atoms with E-state index < -0.39 is 12.0 Å². The van der Waals surface area contributed by atoms with Gasteiger partial charge in [-0.3, -0.25) is 4.79 Å². The van der Waals surface area contributed by atoms with Crippen LogP contribution in [-0.2, 0) is 4.79 Å². The molecule has 0 bridgehead atoms. The van der Waals surface area contributed by atoms with Crippen LogP contribution >= 0.6 is 0 Å². The van der Waals surface area contributed by atoms with E-state index in [9.17, 15) is 4.79 Å². The van der Waals surface area contributed by atoms with Gasteiger partial charge in [-0.1, -0.05) is 0 Å². The van der Waals surface area contributed by atoms with Crippen molar-refractivity contribution in [3.63, 3.8) is 0 Å². The van der Waals surface area contributed by atoms with Gasteiger partial charge >= 0.3 is 5.97 Å². The molecule has 1 atom stereocenters. The number of fused-ring (bicyclic) bond motifs is 1. The molecular formula is C13H16N2O3. The summed E-state index contributed by atoms with van der Waals surface area (Å²) in [7, 11) is 1.58. The molecule has 0 saturated heterocycles. The Morgan fingerprint density at radius 1 is 1.56 bits per heavy atom. The zero-order chi connectivity index (χ0) is 13.3. The Kier molecular flexibility index (Phi) is 3.25. The van der Waals surface area contributed by atoms with Gasteiger partial charge in [0.25, 0.3) is 0 Å². The predicted octanol–water partition coefficient (Wildman–Crippen LogP) is 1.96. The summed E-state index contributed by atoms with van der Waals surface area (Å²) in [5.41, 5.74) is 8.63. The summed E-state index contributed by atoms with van der Waals surface area (Å²) < 4.78 is 5.30. The minimum atomic E-state index is -0.910. The van der Waals surface area contributed by atoms with Crippen LogP contribution in [0.15, 0.2) is 18.3 Å². The van der Waals surface area contributed by atoms with E-state index in [0.29, 0.717) is 5.75 Å². The molecule has 0 fully saturated rings. The highest BCUT2D eigenvalue weighted by Gasteiger charge is 2.15.